The third-order valence-corrected chi connectivity index (χ3v) is 6.52. The molecule has 0 aromatic heterocycles. The Morgan fingerprint density at radius 1 is 1.36 bits per heavy atom. The molecule has 28 heavy (non-hydrogen) atoms. The molecule has 0 saturated carbocycles. The Morgan fingerprint density at radius 2 is 2.11 bits per heavy atom. The molecule has 3 rings (SSSR count). The van der Waals surface area contributed by atoms with E-state index in [1.54, 1.807) is 11.9 Å². The van der Waals surface area contributed by atoms with E-state index in [2.05, 4.69) is 17.6 Å². The maximum Gasteiger partial charge on any atom is 0.246 e. The Kier molecular flexibility index (Phi) is 6.29. The first-order chi connectivity index (χ1) is 13.4. The summed E-state index contributed by atoms with van der Waals surface area (Å²) >= 11 is 0. The first-order valence-electron chi connectivity index (χ1n) is 10.5. The molecule has 2 bridgehead atoms. The number of carbonyl (C=O) groups is 3. The summed E-state index contributed by atoms with van der Waals surface area (Å²) in [4.78, 5) is 40.7. The number of carbonyl (C=O) groups excluding carboxylic acids is 3. The number of nitrogens with zero attached hydrogens (tertiary/aromatic N) is 1. The summed E-state index contributed by atoms with van der Waals surface area (Å²) in [5.74, 6) is -1.72. The Labute approximate surface area is 166 Å². The summed E-state index contributed by atoms with van der Waals surface area (Å²) in [5.41, 5.74) is -0.922. The summed E-state index contributed by atoms with van der Waals surface area (Å²) in [7, 11) is 1.57. The zero-order valence-electron chi connectivity index (χ0n) is 17.1. The van der Waals surface area contributed by atoms with Crippen LogP contribution in [-0.2, 0) is 19.1 Å². The fraction of sp³-hybridized carbons (Fsp3) is 0.850. The molecule has 0 aromatic carbocycles. The number of rotatable bonds is 9. The summed E-state index contributed by atoms with van der Waals surface area (Å²) in [6.45, 7) is 4.45. The number of aliphatic hydroxyl groups excluding tert-OH is 1. The molecule has 3 aliphatic rings. The van der Waals surface area contributed by atoms with Crippen LogP contribution in [0.15, 0.2) is 0 Å². The van der Waals surface area contributed by atoms with E-state index in [1.165, 1.54) is 0 Å². The van der Waals surface area contributed by atoms with Gasteiger partial charge in [-0.3, -0.25) is 14.4 Å². The molecule has 3 aliphatic heterocycles. The van der Waals surface area contributed by atoms with E-state index in [0.29, 0.717) is 32.2 Å². The average Bonchev–Trinajstić information content (AvgIpc) is 3.29. The van der Waals surface area contributed by atoms with Gasteiger partial charge in [0.25, 0.3) is 0 Å². The standard InChI is InChI=1S/C20H33N3O5/c1-4-7-12(2)22-18(26)16-20-9-8-13(28-20)14(17(25)21-3)15(20)19(27)23(16)10-5-6-11-24/h12-16,24H,4-11H2,1-3H3,(H,21,25)(H,22,26)/t12?,13-,14+,15-,16?,20?/m0/s1. The van der Waals surface area contributed by atoms with Gasteiger partial charge in [-0.2, -0.15) is 0 Å². The lowest BCUT2D eigenvalue weighted by Gasteiger charge is -2.34. The van der Waals surface area contributed by atoms with E-state index in [4.69, 9.17) is 9.84 Å². The molecule has 8 heteroatoms. The second-order valence-corrected chi connectivity index (χ2v) is 8.33. The van der Waals surface area contributed by atoms with E-state index < -0.39 is 23.5 Å². The molecular formula is C20H33N3O5. The van der Waals surface area contributed by atoms with Crippen LogP contribution >= 0.6 is 0 Å². The van der Waals surface area contributed by atoms with Gasteiger partial charge in [0.1, 0.15) is 11.6 Å². The van der Waals surface area contributed by atoms with Gasteiger partial charge in [0.15, 0.2) is 0 Å². The summed E-state index contributed by atoms with van der Waals surface area (Å²) < 4.78 is 6.27. The van der Waals surface area contributed by atoms with Crippen LogP contribution in [0.25, 0.3) is 0 Å². The third-order valence-electron chi connectivity index (χ3n) is 6.52. The van der Waals surface area contributed by atoms with Gasteiger partial charge in [0, 0.05) is 26.2 Å². The lowest BCUT2D eigenvalue weighted by Crippen LogP contribution is -2.56. The van der Waals surface area contributed by atoms with Gasteiger partial charge in [0.2, 0.25) is 17.7 Å². The normalized spacial score (nSPS) is 34.4. The highest BCUT2D eigenvalue weighted by Gasteiger charge is 2.74. The number of aliphatic hydroxyl groups is 1. The zero-order chi connectivity index (χ0) is 20.5. The van der Waals surface area contributed by atoms with Crippen molar-refractivity contribution in [2.24, 2.45) is 11.8 Å². The summed E-state index contributed by atoms with van der Waals surface area (Å²) in [6, 6.07) is -0.710. The maximum absolute atomic E-state index is 13.3. The van der Waals surface area contributed by atoms with Crippen LogP contribution in [0.3, 0.4) is 0 Å². The van der Waals surface area contributed by atoms with Crippen molar-refractivity contribution in [2.75, 3.05) is 20.2 Å². The lowest BCUT2D eigenvalue weighted by molar-refractivity contribution is -0.142. The number of amides is 3. The predicted octanol–water partition coefficient (Wildman–Crippen LogP) is 0.184. The molecular weight excluding hydrogens is 362 g/mol. The predicted molar refractivity (Wildman–Crippen MR) is 102 cm³/mol. The molecule has 8 nitrogen and oxygen atoms in total. The van der Waals surface area contributed by atoms with Gasteiger partial charge in [-0.25, -0.2) is 0 Å². The van der Waals surface area contributed by atoms with Crippen molar-refractivity contribution in [1.82, 2.24) is 15.5 Å². The van der Waals surface area contributed by atoms with E-state index in [9.17, 15) is 14.4 Å². The zero-order valence-corrected chi connectivity index (χ0v) is 17.1. The Bertz CT molecular complexity index is 627. The fourth-order valence-electron chi connectivity index (χ4n) is 5.38. The highest BCUT2D eigenvalue weighted by atomic mass is 16.5. The molecule has 3 unspecified atom stereocenters. The molecule has 3 N–H and O–H groups in total. The number of hydrogen-bond donors (Lipinski definition) is 3. The van der Waals surface area contributed by atoms with E-state index in [1.807, 2.05) is 6.92 Å². The van der Waals surface area contributed by atoms with Crippen LogP contribution in [-0.4, -0.2) is 71.7 Å². The Morgan fingerprint density at radius 3 is 2.75 bits per heavy atom. The number of likely N-dealkylation sites (tertiary alicyclic amines) is 1. The van der Waals surface area contributed by atoms with Crippen LogP contribution in [0, 0.1) is 11.8 Å². The second-order valence-electron chi connectivity index (χ2n) is 8.33. The molecule has 3 saturated heterocycles. The number of hydrogen-bond acceptors (Lipinski definition) is 5. The van der Waals surface area contributed by atoms with Crippen LogP contribution in [0.5, 0.6) is 0 Å². The van der Waals surface area contributed by atoms with E-state index >= 15 is 0 Å². The number of ether oxygens (including phenoxy) is 1. The topological polar surface area (TPSA) is 108 Å². The number of unbranched alkanes of at least 4 members (excludes halogenated alkanes) is 1. The number of fused-ring (bicyclic) bond motifs is 1. The van der Waals surface area contributed by atoms with E-state index in [-0.39, 0.29) is 36.5 Å². The van der Waals surface area contributed by atoms with Crippen LogP contribution in [0.4, 0.5) is 0 Å². The van der Waals surface area contributed by atoms with Gasteiger partial charge >= 0.3 is 0 Å². The second kappa shape index (κ2) is 8.37. The maximum atomic E-state index is 13.3. The van der Waals surface area contributed by atoms with Crippen molar-refractivity contribution in [3.63, 3.8) is 0 Å². The van der Waals surface area contributed by atoms with Gasteiger partial charge < -0.3 is 25.4 Å². The summed E-state index contributed by atoms with van der Waals surface area (Å²) in [5, 5.41) is 14.8. The van der Waals surface area contributed by atoms with E-state index in [0.717, 1.165) is 12.8 Å². The lowest BCUT2D eigenvalue weighted by atomic mass is 9.70. The van der Waals surface area contributed by atoms with Gasteiger partial charge in [0.05, 0.1) is 17.9 Å². The van der Waals surface area contributed by atoms with Crippen LogP contribution in [0.2, 0.25) is 0 Å². The molecule has 0 radical (unpaired) electrons. The smallest absolute Gasteiger partial charge is 0.246 e. The Hall–Kier alpha value is -1.67. The molecule has 158 valence electrons. The highest BCUT2D eigenvalue weighted by Crippen LogP contribution is 2.58. The summed E-state index contributed by atoms with van der Waals surface area (Å²) in [6.07, 6.45) is 3.96. The molecule has 6 atom stereocenters. The molecule has 0 aliphatic carbocycles. The molecule has 0 aromatic rings. The first-order valence-corrected chi connectivity index (χ1v) is 10.5. The van der Waals surface area contributed by atoms with Gasteiger partial charge in [-0.05, 0) is 39.0 Å². The quantitative estimate of drug-likeness (QED) is 0.483. The molecule has 3 amide bonds. The SMILES string of the molecule is CCCC(C)NC(=O)C1N(CCCCO)C(=O)[C@@H]2[C@H](C(=O)NC)[C@@H]3CCC12O3. The van der Waals surface area contributed by atoms with Crippen molar-refractivity contribution in [2.45, 2.75) is 76.2 Å². The van der Waals surface area contributed by atoms with Crippen LogP contribution < -0.4 is 10.6 Å². The van der Waals surface area contributed by atoms with Crippen molar-refractivity contribution in [1.29, 1.82) is 0 Å². The first kappa shape index (κ1) is 21.0. The van der Waals surface area contributed by atoms with Crippen molar-refractivity contribution in [3.8, 4) is 0 Å². The van der Waals surface area contributed by atoms with Crippen LogP contribution in [0.1, 0.15) is 52.4 Å². The van der Waals surface area contributed by atoms with Crippen molar-refractivity contribution in [3.05, 3.63) is 0 Å². The fourth-order valence-corrected chi connectivity index (χ4v) is 5.38. The van der Waals surface area contributed by atoms with Crippen molar-refractivity contribution < 1.29 is 24.2 Å². The monoisotopic (exact) mass is 395 g/mol. The average molecular weight is 396 g/mol. The van der Waals surface area contributed by atoms with Gasteiger partial charge in [-0.15, -0.1) is 0 Å². The number of nitrogens with one attached hydrogen (secondary N) is 2. The van der Waals surface area contributed by atoms with Gasteiger partial charge in [-0.1, -0.05) is 13.3 Å². The molecule has 3 fully saturated rings. The van der Waals surface area contributed by atoms with Crippen molar-refractivity contribution >= 4 is 17.7 Å². The minimum atomic E-state index is -0.922. The molecule has 1 spiro atoms. The Balaban J connectivity index is 1.91. The minimum absolute atomic E-state index is 0.00989. The third kappa shape index (κ3) is 3.30. The minimum Gasteiger partial charge on any atom is -0.396 e. The molecule has 3 heterocycles. The largest absolute Gasteiger partial charge is 0.396 e. The highest BCUT2D eigenvalue weighted by molar-refractivity contribution is 5.98.